The van der Waals surface area contributed by atoms with Crippen molar-refractivity contribution >= 4 is 11.9 Å². The smallest absolute Gasteiger partial charge is 0.304 e. The summed E-state index contributed by atoms with van der Waals surface area (Å²) in [5.74, 6) is 2.08. The molecular formula is C25H34O6. The quantitative estimate of drug-likeness (QED) is 0.398. The van der Waals surface area contributed by atoms with Crippen LogP contribution in [-0.4, -0.2) is 46.1 Å². The molecular weight excluding hydrogens is 396 g/mol. The van der Waals surface area contributed by atoms with E-state index in [9.17, 15) is 19.8 Å². The summed E-state index contributed by atoms with van der Waals surface area (Å²) in [6, 6.07) is 0. The lowest BCUT2D eigenvalue weighted by atomic mass is 9.46. The molecule has 0 amide bonds. The Morgan fingerprint density at radius 2 is 1.84 bits per heavy atom. The number of aliphatic hydroxyl groups excluding tert-OH is 2. The minimum Gasteiger partial charge on any atom is -0.457 e. The number of aliphatic hydroxyl groups is 2. The van der Waals surface area contributed by atoms with E-state index in [0.29, 0.717) is 6.42 Å². The van der Waals surface area contributed by atoms with Crippen molar-refractivity contribution in [2.24, 2.45) is 28.6 Å². The molecule has 3 fully saturated rings. The maximum atomic E-state index is 11.9. The molecule has 3 saturated carbocycles. The third-order valence-corrected chi connectivity index (χ3v) is 9.06. The number of hydrogen-bond acceptors (Lipinski definition) is 6. The Morgan fingerprint density at radius 1 is 1.13 bits per heavy atom. The maximum absolute atomic E-state index is 11.9. The number of carbonyl (C=O) groups excluding carboxylic acids is 2. The largest absolute Gasteiger partial charge is 0.457 e. The molecule has 0 aliphatic heterocycles. The molecule has 1 unspecified atom stereocenters. The van der Waals surface area contributed by atoms with Crippen LogP contribution >= 0.6 is 0 Å². The van der Waals surface area contributed by atoms with Gasteiger partial charge in [-0.2, -0.15) is 0 Å². The highest BCUT2D eigenvalue weighted by molar-refractivity contribution is 5.68. The van der Waals surface area contributed by atoms with Gasteiger partial charge in [0.05, 0.1) is 12.2 Å². The molecule has 0 spiro atoms. The zero-order chi connectivity index (χ0) is 22.8. The number of hydrogen-bond donors (Lipinski definition) is 2. The van der Waals surface area contributed by atoms with E-state index in [1.54, 1.807) is 0 Å². The van der Waals surface area contributed by atoms with Gasteiger partial charge in [0.1, 0.15) is 0 Å². The van der Waals surface area contributed by atoms with Gasteiger partial charge in [0.25, 0.3) is 0 Å². The predicted molar refractivity (Wildman–Crippen MR) is 113 cm³/mol. The Bertz CT molecular complexity index is 857. The molecule has 0 aromatic heterocycles. The van der Waals surface area contributed by atoms with Gasteiger partial charge in [0.15, 0.2) is 6.10 Å². The summed E-state index contributed by atoms with van der Waals surface area (Å²) in [4.78, 5) is 23.8. The van der Waals surface area contributed by atoms with Crippen LogP contribution in [0.25, 0.3) is 0 Å². The van der Waals surface area contributed by atoms with Gasteiger partial charge in [-0.1, -0.05) is 31.4 Å². The van der Waals surface area contributed by atoms with Crippen LogP contribution in [-0.2, 0) is 19.1 Å². The standard InChI is InChI=1S/C25H34O6/c1-6-25(31-15(3)27)12-16-11-19(28)22-17-7-8-20(29)23(17,4)10-9-18(22)24(16,5)13-21(25)30-14(2)26/h1,11,17-22,28-29H,7-10,12-13H2,2-5H3/t17-,18-,19-,20-,21?,22-,23-,24-,25+/m0/s1. The molecule has 2 N–H and O–H groups in total. The van der Waals surface area contributed by atoms with E-state index in [0.717, 1.165) is 31.3 Å². The Hall–Kier alpha value is -1.84. The summed E-state index contributed by atoms with van der Waals surface area (Å²) in [5.41, 5.74) is -0.902. The van der Waals surface area contributed by atoms with Gasteiger partial charge in [0.2, 0.25) is 5.60 Å². The second kappa shape index (κ2) is 7.35. The number of terminal acetylenes is 1. The van der Waals surface area contributed by atoms with E-state index in [1.807, 2.05) is 6.08 Å². The summed E-state index contributed by atoms with van der Waals surface area (Å²) in [5, 5.41) is 21.9. The second-order valence-electron chi connectivity index (χ2n) is 10.6. The lowest BCUT2D eigenvalue weighted by Crippen LogP contribution is -2.60. The summed E-state index contributed by atoms with van der Waals surface area (Å²) in [7, 11) is 0. The fraction of sp³-hybridized carbons (Fsp3) is 0.760. The lowest BCUT2D eigenvalue weighted by molar-refractivity contribution is -0.188. The first kappa shape index (κ1) is 22.4. The first-order valence-electron chi connectivity index (χ1n) is 11.4. The molecule has 9 atom stereocenters. The molecule has 0 aromatic rings. The third-order valence-electron chi connectivity index (χ3n) is 9.06. The summed E-state index contributed by atoms with van der Waals surface area (Å²) >= 11 is 0. The number of rotatable bonds is 2. The number of fused-ring (bicyclic) bond motifs is 5. The van der Waals surface area contributed by atoms with Crippen molar-refractivity contribution in [2.75, 3.05) is 0 Å². The molecule has 31 heavy (non-hydrogen) atoms. The van der Waals surface area contributed by atoms with Crippen molar-refractivity contribution < 1.29 is 29.3 Å². The summed E-state index contributed by atoms with van der Waals surface area (Å²) in [6.45, 7) is 6.96. The van der Waals surface area contributed by atoms with Crippen molar-refractivity contribution in [1.82, 2.24) is 0 Å². The van der Waals surface area contributed by atoms with Crippen LogP contribution in [0.4, 0.5) is 0 Å². The van der Waals surface area contributed by atoms with Gasteiger partial charge < -0.3 is 19.7 Å². The zero-order valence-electron chi connectivity index (χ0n) is 18.9. The van der Waals surface area contributed by atoms with Crippen LogP contribution in [0.15, 0.2) is 11.6 Å². The minimum absolute atomic E-state index is 0.0367. The fourth-order valence-electron chi connectivity index (χ4n) is 7.49. The number of esters is 2. The molecule has 0 radical (unpaired) electrons. The third kappa shape index (κ3) is 3.24. The fourth-order valence-corrected chi connectivity index (χ4v) is 7.49. The van der Waals surface area contributed by atoms with Crippen LogP contribution in [0.1, 0.15) is 66.2 Å². The molecule has 0 heterocycles. The van der Waals surface area contributed by atoms with Crippen molar-refractivity contribution in [2.45, 2.75) is 90.1 Å². The molecule has 0 saturated heterocycles. The van der Waals surface area contributed by atoms with Crippen molar-refractivity contribution in [3.63, 3.8) is 0 Å². The Balaban J connectivity index is 1.76. The van der Waals surface area contributed by atoms with Crippen molar-refractivity contribution in [3.8, 4) is 12.3 Å². The molecule has 170 valence electrons. The normalized spacial score (nSPS) is 48.4. The monoisotopic (exact) mass is 430 g/mol. The van der Waals surface area contributed by atoms with Crippen molar-refractivity contribution in [1.29, 1.82) is 0 Å². The van der Waals surface area contributed by atoms with E-state index in [4.69, 9.17) is 15.9 Å². The average molecular weight is 431 g/mol. The maximum Gasteiger partial charge on any atom is 0.304 e. The Kier molecular flexibility index (Phi) is 5.30. The Morgan fingerprint density at radius 3 is 2.45 bits per heavy atom. The minimum atomic E-state index is -1.37. The summed E-state index contributed by atoms with van der Waals surface area (Å²) in [6.07, 6.45) is 10.2. The van der Waals surface area contributed by atoms with Crippen LogP contribution in [0.2, 0.25) is 0 Å². The second-order valence-corrected chi connectivity index (χ2v) is 10.6. The first-order valence-corrected chi connectivity index (χ1v) is 11.4. The van der Waals surface area contributed by atoms with Crippen LogP contribution < -0.4 is 0 Å². The lowest BCUT2D eigenvalue weighted by Gasteiger charge is -2.60. The van der Waals surface area contributed by atoms with Gasteiger partial charge in [-0.15, -0.1) is 6.42 Å². The Labute approximate surface area is 184 Å². The zero-order valence-corrected chi connectivity index (χ0v) is 18.9. The van der Waals surface area contributed by atoms with Gasteiger partial charge in [-0.05, 0) is 60.7 Å². The SMILES string of the molecule is C#C[C@@]1(OC(C)=O)CC2=C[C@H](O)[C@H]3[C@@H]4CC[C@H](O)[C@@]4(C)CC[C@@H]3[C@@]2(C)CC1OC(C)=O. The molecule has 4 aliphatic rings. The van der Waals surface area contributed by atoms with Gasteiger partial charge in [-0.3, -0.25) is 9.59 Å². The number of ether oxygens (including phenoxy) is 2. The van der Waals surface area contributed by atoms with Gasteiger partial charge in [0, 0.05) is 20.3 Å². The molecule has 6 heteroatoms. The van der Waals surface area contributed by atoms with E-state index >= 15 is 0 Å². The highest BCUT2D eigenvalue weighted by Crippen LogP contribution is 2.65. The number of carbonyl (C=O) groups is 2. The molecule has 6 nitrogen and oxygen atoms in total. The van der Waals surface area contributed by atoms with Crippen LogP contribution in [0, 0.1) is 40.9 Å². The van der Waals surface area contributed by atoms with E-state index < -0.39 is 29.7 Å². The highest BCUT2D eigenvalue weighted by atomic mass is 16.6. The first-order chi connectivity index (χ1) is 14.5. The average Bonchev–Trinajstić information content (AvgIpc) is 2.98. The van der Waals surface area contributed by atoms with Gasteiger partial charge in [-0.25, -0.2) is 0 Å². The van der Waals surface area contributed by atoms with E-state index in [1.165, 1.54) is 13.8 Å². The molecule has 4 aliphatic carbocycles. The highest BCUT2D eigenvalue weighted by Gasteiger charge is 2.64. The van der Waals surface area contributed by atoms with Crippen LogP contribution in [0.5, 0.6) is 0 Å². The molecule has 0 aromatic carbocycles. The van der Waals surface area contributed by atoms with E-state index in [-0.39, 0.29) is 41.1 Å². The van der Waals surface area contributed by atoms with Crippen LogP contribution in [0.3, 0.4) is 0 Å². The van der Waals surface area contributed by atoms with E-state index in [2.05, 4.69) is 19.8 Å². The van der Waals surface area contributed by atoms with Crippen molar-refractivity contribution in [3.05, 3.63) is 11.6 Å². The topological polar surface area (TPSA) is 93.1 Å². The van der Waals surface area contributed by atoms with Gasteiger partial charge >= 0.3 is 11.9 Å². The summed E-state index contributed by atoms with van der Waals surface area (Å²) < 4.78 is 11.3. The molecule has 4 rings (SSSR count). The predicted octanol–water partition coefficient (Wildman–Crippen LogP) is 2.76. The molecule has 0 bridgehead atoms.